The minimum absolute atomic E-state index is 0.0702. The topological polar surface area (TPSA) is 68.6 Å². The predicted octanol–water partition coefficient (Wildman–Crippen LogP) is 0.386. The molecule has 20 heavy (non-hydrogen) atoms. The molecule has 0 N–H and O–H groups in total. The Hall–Kier alpha value is -2.37. The summed E-state index contributed by atoms with van der Waals surface area (Å²) in [6, 6.07) is 1.36. The van der Waals surface area contributed by atoms with Crippen LogP contribution in [0.3, 0.4) is 0 Å². The second kappa shape index (κ2) is 4.63. The fourth-order valence-corrected chi connectivity index (χ4v) is 1.93. The number of ether oxygens (including phenoxy) is 1. The van der Waals surface area contributed by atoms with Gasteiger partial charge in [-0.1, -0.05) is 0 Å². The lowest BCUT2D eigenvalue weighted by Gasteiger charge is -2.38. The monoisotopic (exact) mass is 276 g/mol. The van der Waals surface area contributed by atoms with Crippen LogP contribution < -0.4 is 10.2 Å². The molecule has 0 saturated heterocycles. The van der Waals surface area contributed by atoms with Gasteiger partial charge in [0.15, 0.2) is 5.75 Å². The lowest BCUT2D eigenvalue weighted by Crippen LogP contribution is -2.57. The first-order valence-electron chi connectivity index (χ1n) is 6.12. The highest BCUT2D eigenvalue weighted by molar-refractivity contribution is 6.44. The number of nitrogens with zero attached hydrogens (tertiary/aromatic N) is 2. The van der Waals surface area contributed by atoms with Crippen LogP contribution in [0.5, 0.6) is 5.75 Å². The maximum Gasteiger partial charge on any atom is 0.266 e. The van der Waals surface area contributed by atoms with Gasteiger partial charge in [0.05, 0.1) is 5.69 Å². The van der Waals surface area contributed by atoms with E-state index in [4.69, 9.17) is 4.74 Å². The van der Waals surface area contributed by atoms with Gasteiger partial charge < -0.3 is 14.2 Å². The molecule has 0 saturated carbocycles. The number of likely N-dealkylation sites (N-methyl/N-ethyl adjacent to an activating group) is 1. The van der Waals surface area contributed by atoms with Crippen LogP contribution in [0.2, 0.25) is 0 Å². The van der Waals surface area contributed by atoms with E-state index in [1.165, 1.54) is 30.2 Å². The van der Waals surface area contributed by atoms with Crippen molar-refractivity contribution in [3.8, 4) is 5.75 Å². The second-order valence-electron chi connectivity index (χ2n) is 4.91. The largest absolute Gasteiger partial charge is 0.454 e. The summed E-state index contributed by atoms with van der Waals surface area (Å²) in [7, 11) is 3.38. The van der Waals surface area contributed by atoms with Crippen molar-refractivity contribution < 1.29 is 14.3 Å². The Balaban J connectivity index is 2.51. The van der Waals surface area contributed by atoms with Crippen molar-refractivity contribution in [3.05, 3.63) is 40.5 Å². The Morgan fingerprint density at radius 3 is 2.50 bits per heavy atom. The molecule has 6 heteroatoms. The average Bonchev–Trinajstić information content (AvgIpc) is 2.42. The molecule has 1 aromatic heterocycles. The van der Waals surface area contributed by atoms with Gasteiger partial charge in [-0.2, -0.15) is 0 Å². The van der Waals surface area contributed by atoms with E-state index in [2.05, 4.69) is 0 Å². The molecule has 0 aliphatic carbocycles. The Morgan fingerprint density at radius 1 is 1.20 bits per heavy atom. The summed E-state index contributed by atoms with van der Waals surface area (Å²) in [5.41, 5.74) is -1.25. The fraction of sp³-hybridized carbons (Fsp3) is 0.357. The number of Topliss-reactive ketones (excluding diaryl/α,β-unsaturated/α-hetero) is 1. The summed E-state index contributed by atoms with van der Waals surface area (Å²) in [4.78, 5) is 37.1. The molecule has 0 fully saturated rings. The molecule has 6 nitrogen and oxygen atoms in total. The van der Waals surface area contributed by atoms with E-state index in [9.17, 15) is 14.4 Å². The quantitative estimate of drug-likeness (QED) is 0.731. The Bertz CT molecular complexity index is 674. The van der Waals surface area contributed by atoms with Crippen molar-refractivity contribution in [1.82, 2.24) is 9.47 Å². The average molecular weight is 276 g/mol. The van der Waals surface area contributed by atoms with Gasteiger partial charge in [-0.25, -0.2) is 0 Å². The van der Waals surface area contributed by atoms with Gasteiger partial charge in [0.1, 0.15) is 0 Å². The van der Waals surface area contributed by atoms with Crippen LogP contribution in [0, 0.1) is 6.92 Å². The van der Waals surface area contributed by atoms with Crippen LogP contribution in [-0.4, -0.2) is 33.8 Å². The van der Waals surface area contributed by atoms with Gasteiger partial charge in [0.25, 0.3) is 5.78 Å². The highest BCUT2D eigenvalue weighted by atomic mass is 16.5. The van der Waals surface area contributed by atoms with Crippen LogP contribution in [0.25, 0.3) is 0 Å². The third-order valence-electron chi connectivity index (χ3n) is 3.60. The van der Waals surface area contributed by atoms with Crippen molar-refractivity contribution in [2.24, 2.45) is 7.05 Å². The molecular formula is C14H16N2O4. The first kappa shape index (κ1) is 14.0. The summed E-state index contributed by atoms with van der Waals surface area (Å²) >= 11 is 0. The van der Waals surface area contributed by atoms with E-state index in [-0.39, 0.29) is 11.2 Å². The number of rotatable bonds is 2. The summed E-state index contributed by atoms with van der Waals surface area (Å²) < 4.78 is 7.36. The summed E-state index contributed by atoms with van der Waals surface area (Å²) in [6.07, 6.45) is 4.26. The zero-order valence-electron chi connectivity index (χ0n) is 11.8. The van der Waals surface area contributed by atoms with Crippen LogP contribution in [0.15, 0.2) is 29.3 Å². The highest BCUT2D eigenvalue weighted by Crippen LogP contribution is 2.25. The Kier molecular flexibility index (Phi) is 3.25. The minimum Gasteiger partial charge on any atom is -0.454 e. The molecule has 1 aliphatic rings. The van der Waals surface area contributed by atoms with E-state index >= 15 is 0 Å². The number of aryl methyl sites for hydroxylation is 1. The molecule has 2 rings (SSSR count). The number of allylic oxidation sites excluding steroid dienone is 1. The van der Waals surface area contributed by atoms with Crippen molar-refractivity contribution in [1.29, 1.82) is 0 Å². The number of carbonyl (C=O) groups is 2. The first-order chi connectivity index (χ1) is 9.27. The van der Waals surface area contributed by atoms with Gasteiger partial charge in [-0.15, -0.1) is 0 Å². The molecular weight excluding hydrogens is 260 g/mol. The SMILES string of the molecule is Cc1c(OC2(C)C(=O)C(=O)C=CN2C)c(=O)ccn1C. The van der Waals surface area contributed by atoms with Gasteiger partial charge >= 0.3 is 0 Å². The van der Waals surface area contributed by atoms with Crippen LogP contribution in [0.1, 0.15) is 12.6 Å². The molecule has 0 amide bonds. The number of aromatic nitrogens is 1. The maximum absolute atomic E-state index is 12.1. The van der Waals surface area contributed by atoms with Gasteiger partial charge in [-0.05, 0) is 6.92 Å². The van der Waals surface area contributed by atoms with Crippen LogP contribution in [-0.2, 0) is 16.6 Å². The zero-order chi connectivity index (χ0) is 15.1. The normalized spacial score (nSPS) is 22.3. The Morgan fingerprint density at radius 2 is 1.85 bits per heavy atom. The Labute approximate surface area is 116 Å². The van der Waals surface area contributed by atoms with Crippen LogP contribution >= 0.6 is 0 Å². The number of pyridine rings is 1. The standard InChI is InChI=1S/C14H16N2O4/c1-9-12(10(17)5-7-15(9)3)20-14(2)13(19)11(18)6-8-16(14)4/h5-8H,1-4H3. The summed E-state index contributed by atoms with van der Waals surface area (Å²) in [5.74, 6) is -1.27. The van der Waals surface area contributed by atoms with Crippen molar-refractivity contribution in [2.75, 3.05) is 7.05 Å². The van der Waals surface area contributed by atoms with Crippen molar-refractivity contribution in [3.63, 3.8) is 0 Å². The molecule has 1 aliphatic heterocycles. The number of carbonyl (C=O) groups excluding carboxylic acids is 2. The predicted molar refractivity (Wildman–Crippen MR) is 72.4 cm³/mol. The van der Waals surface area contributed by atoms with E-state index < -0.39 is 17.3 Å². The molecule has 0 bridgehead atoms. The number of hydrogen-bond donors (Lipinski definition) is 0. The smallest absolute Gasteiger partial charge is 0.266 e. The van der Waals surface area contributed by atoms with E-state index in [1.54, 1.807) is 31.8 Å². The second-order valence-corrected chi connectivity index (χ2v) is 4.91. The van der Waals surface area contributed by atoms with E-state index in [0.29, 0.717) is 5.69 Å². The number of hydrogen-bond acceptors (Lipinski definition) is 5. The van der Waals surface area contributed by atoms with Gasteiger partial charge in [-0.3, -0.25) is 14.4 Å². The van der Waals surface area contributed by atoms with Crippen molar-refractivity contribution in [2.45, 2.75) is 19.6 Å². The first-order valence-corrected chi connectivity index (χ1v) is 6.12. The van der Waals surface area contributed by atoms with Gasteiger partial charge in [0, 0.05) is 45.6 Å². The molecule has 0 radical (unpaired) electrons. The molecule has 106 valence electrons. The molecule has 2 heterocycles. The zero-order valence-corrected chi connectivity index (χ0v) is 11.8. The molecule has 1 unspecified atom stereocenters. The lowest BCUT2D eigenvalue weighted by molar-refractivity contribution is -0.153. The fourth-order valence-electron chi connectivity index (χ4n) is 1.93. The molecule has 1 atom stereocenters. The molecule has 0 spiro atoms. The third-order valence-corrected chi connectivity index (χ3v) is 3.60. The van der Waals surface area contributed by atoms with Gasteiger partial charge in [0.2, 0.25) is 16.9 Å². The van der Waals surface area contributed by atoms with Crippen LogP contribution in [0.4, 0.5) is 0 Å². The minimum atomic E-state index is -1.51. The molecule has 0 aromatic carbocycles. The highest BCUT2D eigenvalue weighted by Gasteiger charge is 2.45. The lowest BCUT2D eigenvalue weighted by atomic mass is 10.0. The number of ketones is 2. The van der Waals surface area contributed by atoms with E-state index in [0.717, 1.165) is 0 Å². The maximum atomic E-state index is 12.1. The summed E-state index contributed by atoms with van der Waals surface area (Å²) in [5, 5.41) is 0. The van der Waals surface area contributed by atoms with Crippen molar-refractivity contribution >= 4 is 11.6 Å². The van der Waals surface area contributed by atoms with E-state index in [1.807, 2.05) is 0 Å². The summed E-state index contributed by atoms with van der Waals surface area (Å²) in [6.45, 7) is 3.19. The third kappa shape index (κ3) is 2.03. The molecule has 1 aromatic rings.